The van der Waals surface area contributed by atoms with E-state index in [9.17, 15) is 4.79 Å². The molecular formula is C20H17NO3. The number of hydrogen-bond donors (Lipinski definition) is 1. The number of aryl methyl sites for hydroxylation is 2. The van der Waals surface area contributed by atoms with Crippen LogP contribution in [0.1, 0.15) is 11.3 Å². The molecule has 0 aliphatic heterocycles. The molecule has 0 aliphatic rings. The molecule has 2 heterocycles. The van der Waals surface area contributed by atoms with Gasteiger partial charge in [0.05, 0.1) is 12.6 Å². The SMILES string of the molecule is COc1ccc(-c2c3ccc(=O)oc3cc3c(C)c(C)[nH]c23)cc1. The number of aromatic amines is 1. The Balaban J connectivity index is 2.16. The third kappa shape index (κ3) is 2.11. The van der Waals surface area contributed by atoms with Crippen LogP contribution in [0.5, 0.6) is 5.75 Å². The van der Waals surface area contributed by atoms with Gasteiger partial charge in [0.2, 0.25) is 0 Å². The van der Waals surface area contributed by atoms with E-state index in [-0.39, 0.29) is 5.63 Å². The van der Waals surface area contributed by atoms with Crippen molar-refractivity contribution in [1.82, 2.24) is 4.98 Å². The summed E-state index contributed by atoms with van der Waals surface area (Å²) in [5.41, 5.74) is 5.66. The van der Waals surface area contributed by atoms with E-state index in [2.05, 4.69) is 11.9 Å². The first-order valence-corrected chi connectivity index (χ1v) is 7.78. The summed E-state index contributed by atoms with van der Waals surface area (Å²) in [6, 6.07) is 13.1. The number of rotatable bonds is 2. The molecule has 24 heavy (non-hydrogen) atoms. The third-order valence-corrected chi connectivity index (χ3v) is 4.58. The summed E-state index contributed by atoms with van der Waals surface area (Å²) >= 11 is 0. The molecule has 4 nitrogen and oxygen atoms in total. The number of methoxy groups -OCH3 is 1. The Labute approximate surface area is 138 Å². The molecule has 0 radical (unpaired) electrons. The van der Waals surface area contributed by atoms with Gasteiger partial charge in [0, 0.05) is 28.1 Å². The van der Waals surface area contributed by atoms with Gasteiger partial charge in [0.15, 0.2) is 0 Å². The number of nitrogens with one attached hydrogen (secondary N) is 1. The second-order valence-electron chi connectivity index (χ2n) is 5.94. The highest BCUT2D eigenvalue weighted by atomic mass is 16.5. The third-order valence-electron chi connectivity index (χ3n) is 4.58. The monoisotopic (exact) mass is 319 g/mol. The molecule has 120 valence electrons. The Morgan fingerprint density at radius 3 is 2.46 bits per heavy atom. The highest BCUT2D eigenvalue weighted by Crippen LogP contribution is 2.38. The molecule has 4 heteroatoms. The summed E-state index contributed by atoms with van der Waals surface area (Å²) in [6.07, 6.45) is 0. The van der Waals surface area contributed by atoms with Crippen molar-refractivity contribution in [2.45, 2.75) is 13.8 Å². The Bertz CT molecular complexity index is 1120. The number of fused-ring (bicyclic) bond motifs is 2. The first kappa shape index (κ1) is 14.6. The Hall–Kier alpha value is -3.01. The molecule has 0 unspecified atom stereocenters. The van der Waals surface area contributed by atoms with Gasteiger partial charge in [-0.3, -0.25) is 0 Å². The smallest absolute Gasteiger partial charge is 0.336 e. The lowest BCUT2D eigenvalue weighted by molar-refractivity contribution is 0.415. The predicted octanol–water partition coefficient (Wildman–Crippen LogP) is 4.57. The molecule has 0 fully saturated rings. The van der Waals surface area contributed by atoms with Gasteiger partial charge >= 0.3 is 5.63 Å². The molecule has 0 bridgehead atoms. The quantitative estimate of drug-likeness (QED) is 0.551. The lowest BCUT2D eigenvalue weighted by Gasteiger charge is -2.09. The lowest BCUT2D eigenvalue weighted by Crippen LogP contribution is -1.96. The molecular weight excluding hydrogens is 302 g/mol. The topological polar surface area (TPSA) is 55.2 Å². The van der Waals surface area contributed by atoms with Crippen LogP contribution < -0.4 is 10.4 Å². The van der Waals surface area contributed by atoms with Gasteiger partial charge in [0.1, 0.15) is 11.3 Å². The molecule has 0 amide bonds. The fourth-order valence-corrected chi connectivity index (χ4v) is 3.18. The number of benzene rings is 2. The highest BCUT2D eigenvalue weighted by Gasteiger charge is 2.16. The normalized spacial score (nSPS) is 11.3. The highest BCUT2D eigenvalue weighted by molar-refractivity contribution is 6.10. The summed E-state index contributed by atoms with van der Waals surface area (Å²) in [6.45, 7) is 4.12. The van der Waals surface area contributed by atoms with Crippen molar-refractivity contribution < 1.29 is 9.15 Å². The largest absolute Gasteiger partial charge is 0.497 e. The maximum Gasteiger partial charge on any atom is 0.336 e. The second-order valence-corrected chi connectivity index (χ2v) is 5.94. The summed E-state index contributed by atoms with van der Waals surface area (Å²) in [5, 5.41) is 1.98. The van der Waals surface area contributed by atoms with Crippen molar-refractivity contribution in [2.75, 3.05) is 7.11 Å². The van der Waals surface area contributed by atoms with Crippen molar-refractivity contribution in [3.8, 4) is 16.9 Å². The Kier molecular flexibility index (Phi) is 3.20. The van der Waals surface area contributed by atoms with E-state index in [0.29, 0.717) is 5.58 Å². The van der Waals surface area contributed by atoms with E-state index in [4.69, 9.17) is 9.15 Å². The van der Waals surface area contributed by atoms with Gasteiger partial charge in [-0.1, -0.05) is 12.1 Å². The minimum absolute atomic E-state index is 0.340. The fraction of sp³-hybridized carbons (Fsp3) is 0.150. The minimum Gasteiger partial charge on any atom is -0.497 e. The van der Waals surface area contributed by atoms with Crippen molar-refractivity contribution in [2.24, 2.45) is 0 Å². The van der Waals surface area contributed by atoms with Gasteiger partial charge in [-0.2, -0.15) is 0 Å². The van der Waals surface area contributed by atoms with Crippen molar-refractivity contribution in [3.63, 3.8) is 0 Å². The molecule has 4 rings (SSSR count). The number of H-pyrrole nitrogens is 1. The van der Waals surface area contributed by atoms with Crippen LogP contribution in [0.25, 0.3) is 33.0 Å². The van der Waals surface area contributed by atoms with Gasteiger partial charge in [-0.15, -0.1) is 0 Å². The maximum atomic E-state index is 11.6. The van der Waals surface area contributed by atoms with Crippen molar-refractivity contribution >= 4 is 21.9 Å². The molecule has 0 atom stereocenters. The maximum absolute atomic E-state index is 11.6. The van der Waals surface area contributed by atoms with Gasteiger partial charge < -0.3 is 14.1 Å². The van der Waals surface area contributed by atoms with Crippen LogP contribution in [-0.2, 0) is 0 Å². The summed E-state index contributed by atoms with van der Waals surface area (Å²) in [7, 11) is 1.65. The predicted molar refractivity (Wildman–Crippen MR) is 95.8 cm³/mol. The molecule has 1 N–H and O–H groups in total. The molecule has 4 aromatic rings. The van der Waals surface area contributed by atoms with Crippen LogP contribution in [0.2, 0.25) is 0 Å². The van der Waals surface area contributed by atoms with Gasteiger partial charge in [-0.05, 0) is 49.2 Å². The Morgan fingerprint density at radius 1 is 1.00 bits per heavy atom. The summed E-state index contributed by atoms with van der Waals surface area (Å²) in [5.74, 6) is 0.806. The van der Waals surface area contributed by atoms with Crippen LogP contribution in [0.15, 0.2) is 51.7 Å². The van der Waals surface area contributed by atoms with E-state index in [1.54, 1.807) is 7.11 Å². The van der Waals surface area contributed by atoms with Gasteiger partial charge in [-0.25, -0.2) is 4.79 Å². The van der Waals surface area contributed by atoms with E-state index in [0.717, 1.165) is 44.4 Å². The standard InChI is InChI=1S/C20H17NO3/c1-11-12(2)21-20-16(11)10-17-15(8-9-18(22)24-17)19(20)13-4-6-14(23-3)7-5-13/h4-10,21H,1-3H3. The number of ether oxygens (including phenoxy) is 1. The zero-order valence-corrected chi connectivity index (χ0v) is 13.8. The molecule has 0 saturated heterocycles. The summed E-state index contributed by atoms with van der Waals surface area (Å²) in [4.78, 5) is 15.1. The van der Waals surface area contributed by atoms with Crippen LogP contribution >= 0.6 is 0 Å². The zero-order chi connectivity index (χ0) is 16.8. The average Bonchev–Trinajstić information content (AvgIpc) is 2.87. The van der Waals surface area contributed by atoms with Crippen molar-refractivity contribution in [3.05, 3.63) is 64.1 Å². The molecule has 2 aromatic heterocycles. The van der Waals surface area contributed by atoms with Gasteiger partial charge in [0.25, 0.3) is 0 Å². The molecule has 0 aliphatic carbocycles. The van der Waals surface area contributed by atoms with E-state index in [1.807, 2.05) is 43.3 Å². The first-order chi connectivity index (χ1) is 11.6. The van der Waals surface area contributed by atoms with Crippen LogP contribution in [0.4, 0.5) is 0 Å². The van der Waals surface area contributed by atoms with E-state index >= 15 is 0 Å². The zero-order valence-electron chi connectivity index (χ0n) is 13.8. The average molecular weight is 319 g/mol. The summed E-state index contributed by atoms with van der Waals surface area (Å²) < 4.78 is 10.7. The van der Waals surface area contributed by atoms with Crippen molar-refractivity contribution in [1.29, 1.82) is 0 Å². The van der Waals surface area contributed by atoms with Crippen LogP contribution in [0.3, 0.4) is 0 Å². The number of aromatic nitrogens is 1. The van der Waals surface area contributed by atoms with Crippen LogP contribution in [0, 0.1) is 13.8 Å². The van der Waals surface area contributed by atoms with E-state index in [1.165, 1.54) is 6.07 Å². The van der Waals surface area contributed by atoms with Crippen LogP contribution in [-0.4, -0.2) is 12.1 Å². The number of hydrogen-bond acceptors (Lipinski definition) is 3. The second kappa shape index (κ2) is 5.27. The molecule has 0 saturated carbocycles. The lowest BCUT2D eigenvalue weighted by atomic mass is 9.97. The first-order valence-electron chi connectivity index (χ1n) is 7.78. The Morgan fingerprint density at radius 2 is 1.75 bits per heavy atom. The van der Waals surface area contributed by atoms with E-state index < -0.39 is 0 Å². The minimum atomic E-state index is -0.340. The molecule has 0 spiro atoms. The fourth-order valence-electron chi connectivity index (χ4n) is 3.18. The molecule has 2 aromatic carbocycles.